The average molecular weight is 374 g/mol. The molecule has 0 radical (unpaired) electrons. The van der Waals surface area contributed by atoms with Gasteiger partial charge in [-0.25, -0.2) is 9.78 Å². The van der Waals surface area contributed by atoms with Gasteiger partial charge in [0.05, 0.1) is 12.8 Å². The van der Waals surface area contributed by atoms with Crippen molar-refractivity contribution in [1.29, 1.82) is 0 Å². The number of thioether (sulfide) groups is 1. The number of aromatic carboxylic acids is 1. The van der Waals surface area contributed by atoms with Gasteiger partial charge in [-0.1, -0.05) is 23.9 Å². The molecule has 0 spiro atoms. The molecule has 0 aliphatic heterocycles. The molecule has 0 unspecified atom stereocenters. The molecule has 0 saturated carbocycles. The first-order valence-corrected chi connectivity index (χ1v) is 9.06. The molecule has 2 heterocycles. The Morgan fingerprint density at radius 1 is 1.32 bits per heavy atom. The highest BCUT2D eigenvalue weighted by Crippen LogP contribution is 2.26. The van der Waals surface area contributed by atoms with E-state index in [-0.39, 0.29) is 5.56 Å². The number of carboxylic acid groups (broad SMARTS) is 1. The monoisotopic (exact) mass is 374 g/mol. The van der Waals surface area contributed by atoms with Crippen LogP contribution in [0.5, 0.6) is 5.75 Å². The van der Waals surface area contributed by atoms with Crippen molar-refractivity contribution < 1.29 is 14.6 Å². The molecular formula is C17H14N2O4S2. The third kappa shape index (κ3) is 4.28. The maximum atomic E-state index is 11.9. The number of benzene rings is 1. The number of aromatic nitrogens is 2. The molecule has 25 heavy (non-hydrogen) atoms. The predicted octanol–water partition coefficient (Wildman–Crippen LogP) is 3.50. The summed E-state index contributed by atoms with van der Waals surface area (Å²) in [6, 6.07) is 12.1. The summed E-state index contributed by atoms with van der Waals surface area (Å²) in [5.41, 5.74) is 1.10. The predicted molar refractivity (Wildman–Crippen MR) is 97.7 cm³/mol. The van der Waals surface area contributed by atoms with Crippen molar-refractivity contribution in [2.75, 3.05) is 7.11 Å². The molecule has 1 aromatic carbocycles. The normalized spacial score (nSPS) is 10.6. The third-order valence-electron chi connectivity index (χ3n) is 3.31. The van der Waals surface area contributed by atoms with Gasteiger partial charge in [0.25, 0.3) is 5.56 Å². The average Bonchev–Trinajstić information content (AvgIpc) is 3.09. The van der Waals surface area contributed by atoms with Gasteiger partial charge in [0.1, 0.15) is 10.6 Å². The summed E-state index contributed by atoms with van der Waals surface area (Å²) in [6.45, 7) is 0. The van der Waals surface area contributed by atoms with Crippen LogP contribution in [0.1, 0.15) is 14.5 Å². The van der Waals surface area contributed by atoms with E-state index >= 15 is 0 Å². The van der Waals surface area contributed by atoms with E-state index in [0.29, 0.717) is 27.2 Å². The molecule has 6 nitrogen and oxygen atoms in total. The van der Waals surface area contributed by atoms with E-state index < -0.39 is 5.97 Å². The van der Waals surface area contributed by atoms with Crippen molar-refractivity contribution >= 4 is 29.1 Å². The van der Waals surface area contributed by atoms with Crippen molar-refractivity contribution in [3.63, 3.8) is 0 Å². The lowest BCUT2D eigenvalue weighted by molar-refractivity contribution is 0.0702. The minimum Gasteiger partial charge on any atom is -0.497 e. The molecule has 0 amide bonds. The van der Waals surface area contributed by atoms with Gasteiger partial charge in [-0.15, -0.1) is 11.3 Å². The Kier molecular flexibility index (Phi) is 5.20. The number of ether oxygens (including phenoxy) is 1. The highest BCUT2D eigenvalue weighted by atomic mass is 32.2. The van der Waals surface area contributed by atoms with E-state index in [4.69, 9.17) is 9.84 Å². The third-order valence-corrected chi connectivity index (χ3v) is 5.49. The van der Waals surface area contributed by atoms with Crippen molar-refractivity contribution in [2.24, 2.45) is 0 Å². The van der Waals surface area contributed by atoms with Gasteiger partial charge in [0, 0.05) is 22.3 Å². The fourth-order valence-corrected chi connectivity index (χ4v) is 3.91. The summed E-state index contributed by atoms with van der Waals surface area (Å²) in [5.74, 6) is 0.281. The second kappa shape index (κ2) is 7.54. The maximum absolute atomic E-state index is 11.9. The zero-order chi connectivity index (χ0) is 17.8. The van der Waals surface area contributed by atoms with Gasteiger partial charge >= 0.3 is 5.97 Å². The molecule has 0 saturated heterocycles. The van der Waals surface area contributed by atoms with Gasteiger partial charge in [-0.2, -0.15) is 0 Å². The molecule has 0 atom stereocenters. The van der Waals surface area contributed by atoms with Crippen LogP contribution in [0.25, 0.3) is 11.3 Å². The Morgan fingerprint density at radius 3 is 2.88 bits per heavy atom. The van der Waals surface area contributed by atoms with Crippen LogP contribution in [0.3, 0.4) is 0 Å². The van der Waals surface area contributed by atoms with Gasteiger partial charge in [0.2, 0.25) is 0 Å². The first kappa shape index (κ1) is 17.2. The highest BCUT2D eigenvalue weighted by molar-refractivity contribution is 7.98. The van der Waals surface area contributed by atoms with Gasteiger partial charge < -0.3 is 14.8 Å². The van der Waals surface area contributed by atoms with E-state index in [2.05, 4.69) is 9.97 Å². The summed E-state index contributed by atoms with van der Waals surface area (Å²) in [4.78, 5) is 31.2. The second-order valence-corrected chi connectivity index (χ2v) is 7.16. The summed E-state index contributed by atoms with van der Waals surface area (Å²) in [5, 5.41) is 9.44. The Hall–Kier alpha value is -2.58. The number of carboxylic acids is 1. The van der Waals surface area contributed by atoms with Crippen LogP contribution in [0.2, 0.25) is 0 Å². The fraction of sp³-hybridized carbons (Fsp3) is 0.118. The fourth-order valence-electron chi connectivity index (χ4n) is 2.14. The summed E-state index contributed by atoms with van der Waals surface area (Å²) >= 11 is 2.56. The number of methoxy groups -OCH3 is 1. The largest absolute Gasteiger partial charge is 0.497 e. The Labute approximate surface area is 151 Å². The molecule has 0 fully saturated rings. The number of hydrogen-bond donors (Lipinski definition) is 2. The highest BCUT2D eigenvalue weighted by Gasteiger charge is 2.09. The number of aromatic amines is 1. The van der Waals surface area contributed by atoms with E-state index in [0.717, 1.165) is 10.4 Å². The molecule has 0 aliphatic carbocycles. The van der Waals surface area contributed by atoms with Gasteiger partial charge in [0.15, 0.2) is 5.16 Å². The zero-order valence-electron chi connectivity index (χ0n) is 13.2. The van der Waals surface area contributed by atoms with Crippen LogP contribution in [-0.2, 0) is 5.75 Å². The first-order chi connectivity index (χ1) is 12.0. The van der Waals surface area contributed by atoms with Crippen LogP contribution < -0.4 is 10.3 Å². The standard InChI is InChI=1S/C17H14N2O4S2/c1-23-11-4-2-3-10(7-11)13-8-15(20)19-17(18-13)24-9-12-5-6-14(25-12)16(21)22/h2-8H,9H2,1H3,(H,21,22)(H,18,19,20). The van der Waals surface area contributed by atoms with Crippen LogP contribution in [0.4, 0.5) is 0 Å². The van der Waals surface area contributed by atoms with E-state index in [1.165, 1.54) is 29.2 Å². The molecule has 2 aromatic heterocycles. The minimum atomic E-state index is -0.937. The molecule has 3 rings (SSSR count). The van der Waals surface area contributed by atoms with E-state index in [1.807, 2.05) is 24.3 Å². The van der Waals surface area contributed by atoms with Crippen LogP contribution in [-0.4, -0.2) is 28.2 Å². The van der Waals surface area contributed by atoms with Crippen molar-refractivity contribution in [2.45, 2.75) is 10.9 Å². The molecule has 128 valence electrons. The first-order valence-electron chi connectivity index (χ1n) is 7.26. The van der Waals surface area contributed by atoms with Crippen molar-refractivity contribution in [3.8, 4) is 17.0 Å². The smallest absolute Gasteiger partial charge is 0.345 e. The van der Waals surface area contributed by atoms with Crippen LogP contribution in [0.15, 0.2) is 52.4 Å². The van der Waals surface area contributed by atoms with Crippen LogP contribution >= 0.6 is 23.1 Å². The molecule has 0 aliphatic rings. The maximum Gasteiger partial charge on any atom is 0.345 e. The SMILES string of the molecule is COc1cccc(-c2cc(=O)[nH]c(SCc3ccc(C(=O)O)s3)n2)c1. The zero-order valence-corrected chi connectivity index (χ0v) is 14.8. The second-order valence-electron chi connectivity index (χ2n) is 5.03. The number of rotatable bonds is 6. The Morgan fingerprint density at radius 2 is 2.16 bits per heavy atom. The summed E-state index contributed by atoms with van der Waals surface area (Å²) in [7, 11) is 1.58. The number of H-pyrrole nitrogens is 1. The van der Waals surface area contributed by atoms with Crippen molar-refractivity contribution in [3.05, 3.63) is 62.6 Å². The molecular weight excluding hydrogens is 360 g/mol. The van der Waals surface area contributed by atoms with Gasteiger partial charge in [-0.3, -0.25) is 4.79 Å². The van der Waals surface area contributed by atoms with E-state index in [1.54, 1.807) is 19.2 Å². The number of nitrogens with zero attached hydrogens (tertiary/aromatic N) is 1. The Balaban J connectivity index is 1.81. The number of hydrogen-bond acceptors (Lipinski definition) is 6. The van der Waals surface area contributed by atoms with E-state index in [9.17, 15) is 9.59 Å². The minimum absolute atomic E-state index is 0.243. The van der Waals surface area contributed by atoms with Gasteiger partial charge in [-0.05, 0) is 24.3 Å². The summed E-state index contributed by atoms with van der Waals surface area (Å²) in [6.07, 6.45) is 0. The Bertz CT molecular complexity index is 965. The molecule has 8 heteroatoms. The van der Waals surface area contributed by atoms with Crippen LogP contribution in [0, 0.1) is 0 Å². The number of nitrogens with one attached hydrogen (secondary N) is 1. The lowest BCUT2D eigenvalue weighted by Gasteiger charge is -2.06. The van der Waals surface area contributed by atoms with Crippen molar-refractivity contribution in [1.82, 2.24) is 9.97 Å². The lowest BCUT2D eigenvalue weighted by Crippen LogP contribution is -2.08. The quantitative estimate of drug-likeness (QED) is 0.507. The topological polar surface area (TPSA) is 92.3 Å². The molecule has 3 aromatic rings. The lowest BCUT2D eigenvalue weighted by atomic mass is 10.1. The number of carbonyl (C=O) groups is 1. The molecule has 2 N–H and O–H groups in total. The number of thiophene rings is 1. The molecule has 0 bridgehead atoms. The summed E-state index contributed by atoms with van der Waals surface area (Å²) < 4.78 is 5.20.